The number of ether oxygens (including phenoxy) is 3. The minimum atomic E-state index is -0.105. The molecule has 1 atom stereocenters. The Morgan fingerprint density at radius 1 is 1.31 bits per heavy atom. The molecule has 2 aliphatic heterocycles. The first kappa shape index (κ1) is 19.6. The summed E-state index contributed by atoms with van der Waals surface area (Å²) in [4.78, 5) is 6.76. The number of guanidine groups is 1. The molecule has 4 rings (SSSR count). The van der Waals surface area contributed by atoms with Crippen molar-refractivity contribution in [3.8, 4) is 11.5 Å². The summed E-state index contributed by atoms with van der Waals surface area (Å²) in [6, 6.07) is 6.15. The minimum Gasteiger partial charge on any atom is -0.454 e. The summed E-state index contributed by atoms with van der Waals surface area (Å²) < 4.78 is 18.7. The lowest BCUT2D eigenvalue weighted by Crippen LogP contribution is -2.50. The van der Waals surface area contributed by atoms with Crippen molar-refractivity contribution in [2.75, 3.05) is 40.1 Å². The number of morpholine rings is 1. The molecule has 2 aliphatic rings. The van der Waals surface area contributed by atoms with Crippen LogP contribution in [0.2, 0.25) is 0 Å². The van der Waals surface area contributed by atoms with Gasteiger partial charge in [0.05, 0.1) is 19.3 Å². The number of rotatable bonds is 4. The normalized spacial score (nSPS) is 19.5. The molecule has 0 amide bonds. The number of hydrogen-bond acceptors (Lipinski definition) is 5. The van der Waals surface area contributed by atoms with Crippen LogP contribution >= 0.6 is 0 Å². The number of nitrogens with one attached hydrogen (secondary N) is 1. The Morgan fingerprint density at radius 3 is 2.90 bits per heavy atom. The van der Waals surface area contributed by atoms with Gasteiger partial charge in [-0.3, -0.25) is 9.67 Å². The Balaban J connectivity index is 1.41. The quantitative estimate of drug-likeness (QED) is 0.627. The second-order valence-electron chi connectivity index (χ2n) is 8.11. The van der Waals surface area contributed by atoms with Crippen LogP contribution in [0.15, 0.2) is 35.6 Å². The maximum absolute atomic E-state index is 5.96. The lowest BCUT2D eigenvalue weighted by molar-refractivity contribution is -0.00808. The van der Waals surface area contributed by atoms with Gasteiger partial charge in [0.1, 0.15) is 6.10 Å². The zero-order valence-corrected chi connectivity index (χ0v) is 17.5. The zero-order valence-electron chi connectivity index (χ0n) is 17.5. The van der Waals surface area contributed by atoms with E-state index in [1.807, 2.05) is 32.6 Å². The first-order chi connectivity index (χ1) is 14.0. The highest BCUT2D eigenvalue weighted by Crippen LogP contribution is 2.36. The van der Waals surface area contributed by atoms with Gasteiger partial charge in [-0.05, 0) is 17.7 Å². The average Bonchev–Trinajstić information content (AvgIpc) is 3.37. The molecule has 1 unspecified atom stereocenters. The summed E-state index contributed by atoms with van der Waals surface area (Å²) in [5.74, 6) is 2.51. The Kier molecular flexibility index (Phi) is 5.36. The monoisotopic (exact) mass is 399 g/mol. The molecular weight excluding hydrogens is 370 g/mol. The van der Waals surface area contributed by atoms with Crippen molar-refractivity contribution in [1.29, 1.82) is 0 Å². The van der Waals surface area contributed by atoms with E-state index in [1.54, 1.807) is 4.68 Å². The van der Waals surface area contributed by atoms with Crippen molar-refractivity contribution in [3.63, 3.8) is 0 Å². The molecule has 1 N–H and O–H groups in total. The standard InChI is InChI=1S/C21H29N5O3/c1-21(2,16-5-6-17-18(9-16)29-14-28-17)13-23-20(22-3)26-7-8-27-19(12-26)15-10-24-25(4)11-15/h5-6,9-11,19H,7-8,12-14H2,1-4H3,(H,22,23). The van der Waals surface area contributed by atoms with Crippen molar-refractivity contribution in [1.82, 2.24) is 20.0 Å². The fourth-order valence-corrected chi connectivity index (χ4v) is 3.70. The lowest BCUT2D eigenvalue weighted by atomic mass is 9.84. The fraction of sp³-hybridized carbons (Fsp3) is 0.524. The van der Waals surface area contributed by atoms with E-state index < -0.39 is 0 Å². The van der Waals surface area contributed by atoms with Crippen LogP contribution in [0.25, 0.3) is 0 Å². The molecule has 0 spiro atoms. The van der Waals surface area contributed by atoms with Gasteiger partial charge >= 0.3 is 0 Å². The molecule has 1 aromatic carbocycles. The smallest absolute Gasteiger partial charge is 0.231 e. The van der Waals surface area contributed by atoms with E-state index in [2.05, 4.69) is 46.3 Å². The third kappa shape index (κ3) is 4.17. The van der Waals surface area contributed by atoms with Gasteiger partial charge in [-0.2, -0.15) is 5.10 Å². The largest absolute Gasteiger partial charge is 0.454 e. The number of hydrogen-bond donors (Lipinski definition) is 1. The van der Waals surface area contributed by atoms with E-state index in [4.69, 9.17) is 14.2 Å². The highest BCUT2D eigenvalue weighted by Gasteiger charge is 2.28. The molecule has 1 fully saturated rings. The van der Waals surface area contributed by atoms with Gasteiger partial charge in [-0.1, -0.05) is 19.9 Å². The third-order valence-corrected chi connectivity index (χ3v) is 5.52. The minimum absolute atomic E-state index is 0.00197. The van der Waals surface area contributed by atoms with Gasteiger partial charge in [0.15, 0.2) is 17.5 Å². The molecule has 8 heteroatoms. The predicted molar refractivity (Wildman–Crippen MR) is 110 cm³/mol. The molecule has 0 bridgehead atoms. The van der Waals surface area contributed by atoms with E-state index in [0.29, 0.717) is 13.4 Å². The van der Waals surface area contributed by atoms with E-state index in [-0.39, 0.29) is 11.5 Å². The molecule has 1 aromatic heterocycles. The SMILES string of the molecule is CN=C(NCC(C)(C)c1ccc2c(c1)OCO2)N1CCOC(c2cnn(C)c2)C1. The Labute approximate surface area is 171 Å². The molecule has 3 heterocycles. The molecule has 8 nitrogen and oxygen atoms in total. The van der Waals surface area contributed by atoms with Gasteiger partial charge < -0.3 is 24.4 Å². The summed E-state index contributed by atoms with van der Waals surface area (Å²) in [5.41, 5.74) is 2.18. The van der Waals surface area contributed by atoms with Crippen LogP contribution < -0.4 is 14.8 Å². The van der Waals surface area contributed by atoms with Gasteiger partial charge in [0.25, 0.3) is 0 Å². The van der Waals surface area contributed by atoms with E-state index in [1.165, 1.54) is 5.56 Å². The van der Waals surface area contributed by atoms with Crippen LogP contribution in [0.1, 0.15) is 31.1 Å². The number of aromatic nitrogens is 2. The van der Waals surface area contributed by atoms with Crippen LogP contribution in [-0.2, 0) is 17.2 Å². The number of nitrogens with zero attached hydrogens (tertiary/aromatic N) is 4. The van der Waals surface area contributed by atoms with Crippen molar-refractivity contribution in [2.45, 2.75) is 25.4 Å². The second-order valence-corrected chi connectivity index (χ2v) is 8.11. The number of aliphatic imine (C=N–C) groups is 1. The predicted octanol–water partition coefficient (Wildman–Crippen LogP) is 2.08. The van der Waals surface area contributed by atoms with Crippen LogP contribution in [0.3, 0.4) is 0 Å². The van der Waals surface area contributed by atoms with E-state index >= 15 is 0 Å². The molecule has 0 saturated carbocycles. The Bertz CT molecular complexity index is 892. The average molecular weight is 399 g/mol. The summed E-state index contributed by atoms with van der Waals surface area (Å²) in [6.07, 6.45) is 3.87. The van der Waals surface area contributed by atoms with Crippen molar-refractivity contribution in [2.24, 2.45) is 12.0 Å². The summed E-state index contributed by atoms with van der Waals surface area (Å²) in [7, 11) is 3.74. The highest BCUT2D eigenvalue weighted by molar-refractivity contribution is 5.80. The third-order valence-electron chi connectivity index (χ3n) is 5.52. The Morgan fingerprint density at radius 2 is 2.14 bits per heavy atom. The highest BCUT2D eigenvalue weighted by atomic mass is 16.7. The number of fused-ring (bicyclic) bond motifs is 1. The van der Waals surface area contributed by atoms with Gasteiger partial charge in [0.2, 0.25) is 6.79 Å². The van der Waals surface area contributed by atoms with Crippen LogP contribution in [0.5, 0.6) is 11.5 Å². The van der Waals surface area contributed by atoms with Crippen molar-refractivity contribution < 1.29 is 14.2 Å². The maximum atomic E-state index is 5.96. The molecule has 29 heavy (non-hydrogen) atoms. The first-order valence-corrected chi connectivity index (χ1v) is 9.92. The van der Waals surface area contributed by atoms with Crippen molar-refractivity contribution >= 4 is 5.96 Å². The number of aryl methyl sites for hydroxylation is 1. The summed E-state index contributed by atoms with van der Waals surface area (Å²) >= 11 is 0. The fourth-order valence-electron chi connectivity index (χ4n) is 3.70. The van der Waals surface area contributed by atoms with Gasteiger partial charge in [-0.25, -0.2) is 0 Å². The van der Waals surface area contributed by atoms with Gasteiger partial charge in [0, 0.05) is 44.4 Å². The topological polar surface area (TPSA) is 73.1 Å². The molecule has 1 saturated heterocycles. The molecule has 2 aromatic rings. The maximum Gasteiger partial charge on any atom is 0.231 e. The molecule has 0 radical (unpaired) electrons. The van der Waals surface area contributed by atoms with Gasteiger partial charge in [-0.15, -0.1) is 0 Å². The Hall–Kier alpha value is -2.74. The van der Waals surface area contributed by atoms with E-state index in [9.17, 15) is 0 Å². The molecule has 0 aliphatic carbocycles. The zero-order chi connectivity index (χ0) is 20.4. The molecular formula is C21H29N5O3. The second kappa shape index (κ2) is 7.94. The van der Waals surface area contributed by atoms with E-state index in [0.717, 1.165) is 42.7 Å². The van der Waals surface area contributed by atoms with Crippen LogP contribution in [0.4, 0.5) is 0 Å². The molecule has 156 valence electrons. The van der Waals surface area contributed by atoms with Crippen LogP contribution in [0, 0.1) is 0 Å². The van der Waals surface area contributed by atoms with Crippen molar-refractivity contribution in [3.05, 3.63) is 41.7 Å². The number of benzene rings is 1. The van der Waals surface area contributed by atoms with Crippen LogP contribution in [-0.4, -0.2) is 60.7 Å². The summed E-state index contributed by atoms with van der Waals surface area (Å²) in [6.45, 7) is 7.67. The lowest BCUT2D eigenvalue weighted by Gasteiger charge is -2.36. The first-order valence-electron chi connectivity index (χ1n) is 9.92. The summed E-state index contributed by atoms with van der Waals surface area (Å²) in [5, 5.41) is 7.81.